The van der Waals surface area contributed by atoms with Gasteiger partial charge in [-0.05, 0) is 25.7 Å². The molecule has 18 heavy (non-hydrogen) atoms. The van der Waals surface area contributed by atoms with Crippen molar-refractivity contribution in [2.75, 3.05) is 0 Å². The molecule has 0 atom stereocenters. The van der Waals surface area contributed by atoms with Gasteiger partial charge in [-0.15, -0.1) is 12.3 Å². The third-order valence-electron chi connectivity index (χ3n) is 4.21. The molecule has 0 spiro atoms. The zero-order chi connectivity index (χ0) is 12.8. The van der Waals surface area contributed by atoms with Crippen molar-refractivity contribution in [3.8, 4) is 12.3 Å². The number of unbranched alkanes of at least 4 members (excludes halogenated alkanes) is 2. The van der Waals surface area contributed by atoms with Crippen LogP contribution in [0.15, 0.2) is 47.6 Å². The lowest BCUT2D eigenvalue weighted by Gasteiger charge is -2.33. The zero-order valence-electron chi connectivity index (χ0n) is 11.3. The van der Waals surface area contributed by atoms with Crippen molar-refractivity contribution in [1.29, 1.82) is 0 Å². The van der Waals surface area contributed by atoms with Gasteiger partial charge in [0, 0.05) is 11.8 Å². The Kier molecular flexibility index (Phi) is 4.26. The highest BCUT2D eigenvalue weighted by Gasteiger charge is 2.32. The van der Waals surface area contributed by atoms with E-state index in [1.807, 2.05) is 0 Å². The highest BCUT2D eigenvalue weighted by Crippen LogP contribution is 2.46. The summed E-state index contributed by atoms with van der Waals surface area (Å²) in [5.74, 6) is 2.74. The summed E-state index contributed by atoms with van der Waals surface area (Å²) in [5, 5.41) is 0. The first kappa shape index (κ1) is 13.0. The van der Waals surface area contributed by atoms with Crippen LogP contribution in [0.5, 0.6) is 0 Å². The van der Waals surface area contributed by atoms with Crippen LogP contribution in [0.1, 0.15) is 45.4 Å². The Labute approximate surface area is 111 Å². The molecule has 0 radical (unpaired) electrons. The summed E-state index contributed by atoms with van der Waals surface area (Å²) in [6.07, 6.45) is 25.6. The molecule has 0 saturated carbocycles. The van der Waals surface area contributed by atoms with Gasteiger partial charge < -0.3 is 0 Å². The van der Waals surface area contributed by atoms with Crippen LogP contribution in [0, 0.1) is 17.8 Å². The van der Waals surface area contributed by atoms with Gasteiger partial charge in [-0.25, -0.2) is 0 Å². The van der Waals surface area contributed by atoms with E-state index in [1.54, 1.807) is 11.1 Å². The zero-order valence-corrected chi connectivity index (χ0v) is 11.3. The number of hydrogen-bond donors (Lipinski definition) is 0. The van der Waals surface area contributed by atoms with Gasteiger partial charge in [0.05, 0.1) is 0 Å². The molecule has 0 aromatic carbocycles. The highest BCUT2D eigenvalue weighted by molar-refractivity contribution is 5.40. The monoisotopic (exact) mass is 238 g/mol. The van der Waals surface area contributed by atoms with E-state index in [9.17, 15) is 0 Å². The topological polar surface area (TPSA) is 0 Å². The summed E-state index contributed by atoms with van der Waals surface area (Å²) in [5.41, 5.74) is 3.37. The Bertz CT molecular complexity index is 419. The molecule has 0 bridgehead atoms. The normalized spacial score (nSPS) is 17.8. The first-order chi connectivity index (χ1) is 8.77. The molecule has 0 amide bonds. The predicted octanol–water partition coefficient (Wildman–Crippen LogP) is 4.96. The lowest BCUT2D eigenvalue weighted by atomic mass is 9.71. The molecule has 0 N–H and O–H groups in total. The van der Waals surface area contributed by atoms with Crippen LogP contribution < -0.4 is 0 Å². The lowest BCUT2D eigenvalue weighted by molar-refractivity contribution is 0.407. The Balaban J connectivity index is 2.05. The molecule has 94 valence electrons. The quantitative estimate of drug-likeness (QED) is 0.453. The fraction of sp³-hybridized carbons (Fsp3) is 0.444. The molecular weight excluding hydrogens is 216 g/mol. The Morgan fingerprint density at radius 2 is 1.72 bits per heavy atom. The molecule has 0 saturated heterocycles. The number of terminal acetylenes is 1. The van der Waals surface area contributed by atoms with Crippen molar-refractivity contribution >= 4 is 0 Å². The maximum absolute atomic E-state index is 5.33. The van der Waals surface area contributed by atoms with Crippen molar-refractivity contribution in [2.45, 2.75) is 45.4 Å². The number of hydrogen-bond acceptors (Lipinski definition) is 0. The second-order valence-corrected chi connectivity index (χ2v) is 5.39. The minimum atomic E-state index is 0.238. The first-order valence-corrected chi connectivity index (χ1v) is 6.93. The molecule has 2 aliphatic carbocycles. The third-order valence-corrected chi connectivity index (χ3v) is 4.21. The van der Waals surface area contributed by atoms with E-state index in [2.05, 4.69) is 49.3 Å². The predicted molar refractivity (Wildman–Crippen MR) is 79.1 cm³/mol. The van der Waals surface area contributed by atoms with Crippen LogP contribution in [-0.2, 0) is 0 Å². The van der Waals surface area contributed by atoms with Crippen LogP contribution in [0.3, 0.4) is 0 Å². The fourth-order valence-electron chi connectivity index (χ4n) is 2.95. The molecular formula is C18H22. The van der Waals surface area contributed by atoms with E-state index < -0.39 is 0 Å². The number of rotatable bonds is 6. The Hall–Kier alpha value is -1.48. The van der Waals surface area contributed by atoms with Crippen LogP contribution in [0.2, 0.25) is 0 Å². The molecule has 0 nitrogen and oxygen atoms in total. The van der Waals surface area contributed by atoms with E-state index in [-0.39, 0.29) is 5.41 Å². The van der Waals surface area contributed by atoms with E-state index in [0.29, 0.717) is 0 Å². The van der Waals surface area contributed by atoms with Crippen molar-refractivity contribution in [3.63, 3.8) is 0 Å². The van der Waals surface area contributed by atoms with Crippen molar-refractivity contribution in [3.05, 3.63) is 47.6 Å². The maximum Gasteiger partial charge on any atom is 0.0105 e. The smallest absolute Gasteiger partial charge is 0.0105 e. The summed E-state index contributed by atoms with van der Waals surface area (Å²) in [4.78, 5) is 0. The molecule has 0 aliphatic heterocycles. The van der Waals surface area contributed by atoms with Gasteiger partial charge in [-0.2, -0.15) is 0 Å². The van der Waals surface area contributed by atoms with E-state index in [4.69, 9.17) is 6.42 Å². The third kappa shape index (κ3) is 2.67. The molecule has 0 aromatic rings. The minimum absolute atomic E-state index is 0.238. The highest BCUT2D eigenvalue weighted by atomic mass is 14.4. The Morgan fingerprint density at radius 1 is 1.11 bits per heavy atom. The van der Waals surface area contributed by atoms with Crippen LogP contribution >= 0.6 is 0 Å². The molecule has 0 aromatic heterocycles. The van der Waals surface area contributed by atoms with E-state index >= 15 is 0 Å². The molecule has 2 aliphatic rings. The van der Waals surface area contributed by atoms with Gasteiger partial charge in [0.15, 0.2) is 0 Å². The average Bonchev–Trinajstić information content (AvgIpc) is 3.05. The van der Waals surface area contributed by atoms with E-state index in [0.717, 1.165) is 25.7 Å². The summed E-state index contributed by atoms with van der Waals surface area (Å²) in [6.45, 7) is 2.40. The molecule has 0 fully saturated rings. The van der Waals surface area contributed by atoms with Crippen molar-refractivity contribution in [1.82, 2.24) is 0 Å². The van der Waals surface area contributed by atoms with Crippen molar-refractivity contribution in [2.24, 2.45) is 5.41 Å². The first-order valence-electron chi connectivity index (χ1n) is 6.93. The second-order valence-electron chi connectivity index (χ2n) is 5.39. The summed E-state index contributed by atoms with van der Waals surface area (Å²) >= 11 is 0. The minimum Gasteiger partial charge on any atom is -0.120 e. The summed E-state index contributed by atoms with van der Waals surface area (Å²) < 4.78 is 0. The lowest BCUT2D eigenvalue weighted by Crippen LogP contribution is -2.21. The standard InChI is InChI=1S/C18H22/c1-3-4-5-10-15-18(2,16-11-6-7-12-16)17-13-8-9-14-17/h1,6-9,11,13H,4-5,10,12,14-15H2,2H3. The summed E-state index contributed by atoms with van der Waals surface area (Å²) in [7, 11) is 0. The average molecular weight is 238 g/mol. The van der Waals surface area contributed by atoms with Gasteiger partial charge >= 0.3 is 0 Å². The van der Waals surface area contributed by atoms with Gasteiger partial charge in [-0.1, -0.05) is 60.9 Å². The van der Waals surface area contributed by atoms with Crippen LogP contribution in [0.25, 0.3) is 0 Å². The van der Waals surface area contributed by atoms with E-state index in [1.165, 1.54) is 12.8 Å². The van der Waals surface area contributed by atoms with Gasteiger partial charge in [-0.3, -0.25) is 0 Å². The SMILES string of the molecule is C#CCCCCC(C)(C1=CC=CC1)C1=CC=CC1. The van der Waals surface area contributed by atoms with Gasteiger partial charge in [0.2, 0.25) is 0 Å². The van der Waals surface area contributed by atoms with Crippen LogP contribution in [0.4, 0.5) is 0 Å². The molecule has 2 rings (SSSR count). The van der Waals surface area contributed by atoms with Crippen LogP contribution in [-0.4, -0.2) is 0 Å². The summed E-state index contributed by atoms with van der Waals surface area (Å²) in [6, 6.07) is 0. The maximum atomic E-state index is 5.33. The van der Waals surface area contributed by atoms with Gasteiger partial charge in [0.25, 0.3) is 0 Å². The molecule has 0 unspecified atom stereocenters. The fourth-order valence-corrected chi connectivity index (χ4v) is 2.95. The second kappa shape index (κ2) is 5.91. The molecule has 0 heterocycles. The van der Waals surface area contributed by atoms with Crippen molar-refractivity contribution < 1.29 is 0 Å². The largest absolute Gasteiger partial charge is 0.120 e. The number of allylic oxidation sites excluding steroid dienone is 8. The Morgan fingerprint density at radius 3 is 2.17 bits per heavy atom. The molecule has 0 heteroatoms. The van der Waals surface area contributed by atoms with Gasteiger partial charge in [0.1, 0.15) is 0 Å².